The van der Waals surface area contributed by atoms with Gasteiger partial charge in [0.05, 0.1) is 12.1 Å². The maximum atomic E-state index is 12.5. The van der Waals surface area contributed by atoms with Crippen LogP contribution in [0.5, 0.6) is 5.75 Å². The number of alkyl halides is 2. The SMILES string of the molecule is Cc1cccc(N2CCN(C(=O)CNC(=O)c3ccccc3OC(F)F)CC2)c1C. The van der Waals surface area contributed by atoms with Crippen LogP contribution in [0, 0.1) is 13.8 Å². The van der Waals surface area contributed by atoms with E-state index in [0.717, 1.165) is 0 Å². The lowest BCUT2D eigenvalue weighted by Crippen LogP contribution is -2.51. The standard InChI is InChI=1S/C22H25F2N3O3/c1-15-6-5-8-18(16(15)2)26-10-12-27(13-11-26)20(28)14-25-21(29)17-7-3-4-9-19(17)30-22(23)24/h3-9,22H,10-14H2,1-2H3,(H,25,29). The molecule has 6 nitrogen and oxygen atoms in total. The van der Waals surface area contributed by atoms with Gasteiger partial charge in [-0.15, -0.1) is 0 Å². The van der Waals surface area contributed by atoms with Crippen LogP contribution in [0.4, 0.5) is 14.5 Å². The molecule has 2 aromatic carbocycles. The Hall–Kier alpha value is -3.16. The highest BCUT2D eigenvalue weighted by molar-refractivity contribution is 5.98. The summed E-state index contributed by atoms with van der Waals surface area (Å²) >= 11 is 0. The number of hydrogen-bond donors (Lipinski definition) is 1. The van der Waals surface area contributed by atoms with Crippen LogP contribution < -0.4 is 15.0 Å². The van der Waals surface area contributed by atoms with Crippen molar-refractivity contribution < 1.29 is 23.1 Å². The number of anilines is 1. The molecule has 1 heterocycles. The summed E-state index contributed by atoms with van der Waals surface area (Å²) in [7, 11) is 0. The average Bonchev–Trinajstić information content (AvgIpc) is 2.74. The molecule has 0 atom stereocenters. The monoisotopic (exact) mass is 417 g/mol. The van der Waals surface area contributed by atoms with Gasteiger partial charge in [-0.05, 0) is 43.2 Å². The molecular formula is C22H25F2N3O3. The largest absolute Gasteiger partial charge is 0.434 e. The lowest BCUT2D eigenvalue weighted by atomic mass is 10.1. The van der Waals surface area contributed by atoms with Crippen molar-refractivity contribution >= 4 is 17.5 Å². The number of piperazine rings is 1. The number of halogens is 2. The summed E-state index contributed by atoms with van der Waals surface area (Å²) in [5.41, 5.74) is 3.59. The highest BCUT2D eigenvalue weighted by Crippen LogP contribution is 2.24. The van der Waals surface area contributed by atoms with Gasteiger partial charge in [0.25, 0.3) is 5.91 Å². The van der Waals surface area contributed by atoms with Crippen molar-refractivity contribution in [3.05, 3.63) is 59.2 Å². The zero-order valence-corrected chi connectivity index (χ0v) is 17.0. The molecule has 2 amide bonds. The van der Waals surface area contributed by atoms with E-state index in [2.05, 4.69) is 40.9 Å². The molecular weight excluding hydrogens is 392 g/mol. The molecule has 30 heavy (non-hydrogen) atoms. The molecule has 0 aliphatic carbocycles. The van der Waals surface area contributed by atoms with Gasteiger partial charge < -0.3 is 19.9 Å². The molecule has 0 unspecified atom stereocenters. The van der Waals surface area contributed by atoms with Crippen LogP contribution in [0.15, 0.2) is 42.5 Å². The lowest BCUT2D eigenvalue weighted by Gasteiger charge is -2.37. The summed E-state index contributed by atoms with van der Waals surface area (Å²) in [6.07, 6.45) is 0. The topological polar surface area (TPSA) is 61.9 Å². The second-order valence-electron chi connectivity index (χ2n) is 7.14. The van der Waals surface area contributed by atoms with Crippen LogP contribution in [0.25, 0.3) is 0 Å². The number of aryl methyl sites for hydroxylation is 1. The Morgan fingerprint density at radius 2 is 1.73 bits per heavy atom. The molecule has 2 aromatic rings. The Morgan fingerprint density at radius 1 is 1.03 bits per heavy atom. The highest BCUT2D eigenvalue weighted by Gasteiger charge is 2.23. The molecule has 0 saturated carbocycles. The summed E-state index contributed by atoms with van der Waals surface area (Å²) in [5, 5.41) is 2.50. The minimum atomic E-state index is -3.03. The van der Waals surface area contributed by atoms with Gasteiger partial charge in [-0.25, -0.2) is 0 Å². The van der Waals surface area contributed by atoms with Crippen LogP contribution in [0.2, 0.25) is 0 Å². The number of rotatable bonds is 6. The van der Waals surface area contributed by atoms with Gasteiger partial charge in [0, 0.05) is 31.9 Å². The van der Waals surface area contributed by atoms with Crippen molar-refractivity contribution in [3.8, 4) is 5.75 Å². The van der Waals surface area contributed by atoms with Crippen LogP contribution in [0.3, 0.4) is 0 Å². The van der Waals surface area contributed by atoms with E-state index in [1.165, 1.54) is 35.0 Å². The van der Waals surface area contributed by atoms with Crippen LogP contribution in [-0.4, -0.2) is 56.0 Å². The Bertz CT molecular complexity index is 912. The van der Waals surface area contributed by atoms with Gasteiger partial charge in [0.2, 0.25) is 5.91 Å². The molecule has 0 spiro atoms. The first kappa shape index (κ1) is 21.5. The molecule has 1 fully saturated rings. The molecule has 3 rings (SSSR count). The fraction of sp³-hybridized carbons (Fsp3) is 0.364. The summed E-state index contributed by atoms with van der Waals surface area (Å²) in [6.45, 7) is 3.43. The minimum Gasteiger partial charge on any atom is -0.434 e. The molecule has 1 aliphatic heterocycles. The predicted octanol–water partition coefficient (Wildman–Crippen LogP) is 2.98. The number of nitrogens with zero attached hydrogens (tertiary/aromatic N) is 2. The third-order valence-electron chi connectivity index (χ3n) is 5.30. The Morgan fingerprint density at radius 3 is 2.43 bits per heavy atom. The number of nitrogens with one attached hydrogen (secondary N) is 1. The summed E-state index contributed by atoms with van der Waals surface area (Å²) in [6, 6.07) is 11.9. The fourth-order valence-electron chi connectivity index (χ4n) is 3.49. The summed E-state index contributed by atoms with van der Waals surface area (Å²) in [4.78, 5) is 28.8. The molecule has 0 aromatic heterocycles. The molecule has 1 aliphatic rings. The number of carbonyl (C=O) groups is 2. The maximum absolute atomic E-state index is 12.5. The first-order valence-corrected chi connectivity index (χ1v) is 9.78. The number of hydrogen-bond acceptors (Lipinski definition) is 4. The zero-order valence-electron chi connectivity index (χ0n) is 17.0. The van der Waals surface area contributed by atoms with E-state index in [0.29, 0.717) is 26.2 Å². The van der Waals surface area contributed by atoms with Crippen molar-refractivity contribution in [2.24, 2.45) is 0 Å². The van der Waals surface area contributed by atoms with Gasteiger partial charge in [0.1, 0.15) is 5.75 Å². The minimum absolute atomic E-state index is 0.0367. The molecule has 0 radical (unpaired) electrons. The molecule has 0 bridgehead atoms. The Balaban J connectivity index is 1.53. The Labute approximate surface area is 174 Å². The van der Waals surface area contributed by atoms with E-state index in [4.69, 9.17) is 0 Å². The summed E-state index contributed by atoms with van der Waals surface area (Å²) in [5.74, 6) is -1.07. The average molecular weight is 417 g/mol. The molecule has 160 valence electrons. The number of para-hydroxylation sites is 1. The van der Waals surface area contributed by atoms with E-state index in [1.54, 1.807) is 11.0 Å². The van der Waals surface area contributed by atoms with E-state index >= 15 is 0 Å². The van der Waals surface area contributed by atoms with Gasteiger partial charge in [-0.1, -0.05) is 24.3 Å². The van der Waals surface area contributed by atoms with Gasteiger partial charge in [-0.3, -0.25) is 9.59 Å². The lowest BCUT2D eigenvalue weighted by molar-refractivity contribution is -0.130. The van der Waals surface area contributed by atoms with Crippen LogP contribution >= 0.6 is 0 Å². The predicted molar refractivity (Wildman–Crippen MR) is 110 cm³/mol. The van der Waals surface area contributed by atoms with E-state index in [-0.39, 0.29) is 23.8 Å². The van der Waals surface area contributed by atoms with Crippen LogP contribution in [-0.2, 0) is 4.79 Å². The van der Waals surface area contributed by atoms with Crippen molar-refractivity contribution in [2.75, 3.05) is 37.6 Å². The Kier molecular flexibility index (Phi) is 6.87. The van der Waals surface area contributed by atoms with E-state index in [1.807, 2.05) is 6.07 Å². The second-order valence-corrected chi connectivity index (χ2v) is 7.14. The zero-order chi connectivity index (χ0) is 21.7. The van der Waals surface area contributed by atoms with Crippen molar-refractivity contribution in [1.82, 2.24) is 10.2 Å². The number of benzene rings is 2. The van der Waals surface area contributed by atoms with Crippen molar-refractivity contribution in [1.29, 1.82) is 0 Å². The summed E-state index contributed by atoms with van der Waals surface area (Å²) < 4.78 is 29.4. The second kappa shape index (κ2) is 9.56. The number of amides is 2. The number of carbonyl (C=O) groups excluding carboxylic acids is 2. The third-order valence-corrected chi connectivity index (χ3v) is 5.30. The van der Waals surface area contributed by atoms with E-state index in [9.17, 15) is 18.4 Å². The first-order valence-electron chi connectivity index (χ1n) is 9.78. The quantitative estimate of drug-likeness (QED) is 0.785. The van der Waals surface area contributed by atoms with Crippen molar-refractivity contribution in [3.63, 3.8) is 0 Å². The van der Waals surface area contributed by atoms with Gasteiger partial charge >= 0.3 is 6.61 Å². The smallest absolute Gasteiger partial charge is 0.387 e. The maximum Gasteiger partial charge on any atom is 0.387 e. The molecule has 1 saturated heterocycles. The molecule has 1 N–H and O–H groups in total. The molecule has 8 heteroatoms. The van der Waals surface area contributed by atoms with Gasteiger partial charge in [-0.2, -0.15) is 8.78 Å². The van der Waals surface area contributed by atoms with Crippen molar-refractivity contribution in [2.45, 2.75) is 20.5 Å². The fourth-order valence-corrected chi connectivity index (χ4v) is 3.49. The van der Waals surface area contributed by atoms with Crippen LogP contribution in [0.1, 0.15) is 21.5 Å². The van der Waals surface area contributed by atoms with E-state index < -0.39 is 12.5 Å². The highest BCUT2D eigenvalue weighted by atomic mass is 19.3. The first-order chi connectivity index (χ1) is 14.4. The van der Waals surface area contributed by atoms with Gasteiger partial charge in [0.15, 0.2) is 0 Å². The normalized spacial score (nSPS) is 14.0. The third kappa shape index (κ3) is 5.06. The number of ether oxygens (including phenoxy) is 1.